The third-order valence-corrected chi connectivity index (χ3v) is 8.36. The van der Waals surface area contributed by atoms with Gasteiger partial charge in [0.05, 0.1) is 11.9 Å². The van der Waals surface area contributed by atoms with Crippen molar-refractivity contribution in [2.75, 3.05) is 17.1 Å². The highest BCUT2D eigenvalue weighted by Gasteiger charge is 2.31. The van der Waals surface area contributed by atoms with Gasteiger partial charge in [0.25, 0.3) is 0 Å². The SMILES string of the molecule is Cc1ccccc1N(CCCC(=O)N(Cc1ccc(Cl)cc1Cl)C(Cc1ccccc1)C(=O)NC(C)C)S(C)(=O)=O. The first-order valence-corrected chi connectivity index (χ1v) is 16.1. The van der Waals surface area contributed by atoms with Crippen LogP contribution < -0.4 is 9.62 Å². The molecular weight excluding hydrogens is 581 g/mol. The first-order chi connectivity index (χ1) is 19.4. The highest BCUT2D eigenvalue weighted by atomic mass is 35.5. The van der Waals surface area contributed by atoms with E-state index in [0.29, 0.717) is 27.7 Å². The molecule has 0 aromatic heterocycles. The fraction of sp³-hybridized carbons (Fsp3) is 0.355. The Labute approximate surface area is 253 Å². The minimum absolute atomic E-state index is 0.0311. The lowest BCUT2D eigenvalue weighted by Crippen LogP contribution is -2.51. The monoisotopic (exact) mass is 617 g/mol. The molecule has 10 heteroatoms. The number of nitrogens with zero attached hydrogens (tertiary/aromatic N) is 2. The zero-order valence-electron chi connectivity index (χ0n) is 23.8. The first kappa shape index (κ1) is 32.4. The number of hydrogen-bond acceptors (Lipinski definition) is 4. The van der Waals surface area contributed by atoms with Gasteiger partial charge in [-0.25, -0.2) is 8.42 Å². The van der Waals surface area contributed by atoms with Crippen molar-refractivity contribution < 1.29 is 18.0 Å². The van der Waals surface area contributed by atoms with Crippen LogP contribution >= 0.6 is 23.2 Å². The van der Waals surface area contributed by atoms with E-state index in [1.807, 2.05) is 63.2 Å². The summed E-state index contributed by atoms with van der Waals surface area (Å²) in [5.41, 5.74) is 2.94. The fourth-order valence-electron chi connectivity index (χ4n) is 4.59. The quantitative estimate of drug-likeness (QED) is 0.254. The molecule has 3 aromatic rings. The molecule has 1 N–H and O–H groups in total. The Hall–Kier alpha value is -3.07. The zero-order chi connectivity index (χ0) is 30.2. The molecule has 0 spiro atoms. The van der Waals surface area contributed by atoms with Crippen LogP contribution in [0.5, 0.6) is 0 Å². The molecule has 220 valence electrons. The summed E-state index contributed by atoms with van der Waals surface area (Å²) in [4.78, 5) is 29.0. The van der Waals surface area contributed by atoms with Crippen LogP contribution in [0.2, 0.25) is 10.0 Å². The molecule has 3 aromatic carbocycles. The molecule has 7 nitrogen and oxygen atoms in total. The van der Waals surface area contributed by atoms with E-state index in [-0.39, 0.29) is 43.8 Å². The summed E-state index contributed by atoms with van der Waals surface area (Å²) in [7, 11) is -3.59. The van der Waals surface area contributed by atoms with Gasteiger partial charge in [0, 0.05) is 42.0 Å². The second kappa shape index (κ2) is 14.7. The van der Waals surface area contributed by atoms with Gasteiger partial charge in [0.1, 0.15) is 6.04 Å². The highest BCUT2D eigenvalue weighted by molar-refractivity contribution is 7.92. The third kappa shape index (κ3) is 9.48. The van der Waals surface area contributed by atoms with Crippen LogP contribution in [0.25, 0.3) is 0 Å². The Morgan fingerprint density at radius 1 is 0.951 bits per heavy atom. The summed E-state index contributed by atoms with van der Waals surface area (Å²) >= 11 is 12.6. The lowest BCUT2D eigenvalue weighted by molar-refractivity contribution is -0.141. The minimum atomic E-state index is -3.59. The third-order valence-electron chi connectivity index (χ3n) is 6.59. The van der Waals surface area contributed by atoms with Crippen molar-refractivity contribution >= 4 is 50.7 Å². The van der Waals surface area contributed by atoms with Gasteiger partial charge >= 0.3 is 0 Å². The number of amides is 2. The standard InChI is InChI=1S/C31H37Cl2N3O4S/c1-22(2)34-31(38)29(19-24-12-6-5-7-13-24)35(21-25-16-17-26(32)20-27(25)33)30(37)15-10-18-36(41(4,39)40)28-14-9-8-11-23(28)3/h5-9,11-14,16-17,20,22,29H,10,15,18-19,21H2,1-4H3,(H,34,38). The summed E-state index contributed by atoms with van der Waals surface area (Å²) < 4.78 is 26.6. The van der Waals surface area contributed by atoms with Crippen molar-refractivity contribution in [3.05, 3.63) is 99.5 Å². The molecule has 3 rings (SSSR count). The molecule has 0 aliphatic rings. The number of para-hydroxylation sites is 1. The summed E-state index contributed by atoms with van der Waals surface area (Å²) in [6.07, 6.45) is 1.75. The number of carbonyl (C=O) groups excluding carboxylic acids is 2. The van der Waals surface area contributed by atoms with E-state index in [9.17, 15) is 18.0 Å². The second-order valence-corrected chi connectivity index (χ2v) is 13.1. The van der Waals surface area contributed by atoms with E-state index in [2.05, 4.69) is 5.32 Å². The van der Waals surface area contributed by atoms with Crippen LogP contribution in [0, 0.1) is 6.92 Å². The largest absolute Gasteiger partial charge is 0.352 e. The molecule has 41 heavy (non-hydrogen) atoms. The molecule has 0 radical (unpaired) electrons. The molecule has 0 aliphatic heterocycles. The Balaban J connectivity index is 1.92. The van der Waals surface area contributed by atoms with Gasteiger partial charge in [-0.3, -0.25) is 13.9 Å². The number of aryl methyl sites for hydroxylation is 1. The average Bonchev–Trinajstić information content (AvgIpc) is 2.89. The van der Waals surface area contributed by atoms with Gasteiger partial charge in [0.15, 0.2) is 0 Å². The molecule has 0 heterocycles. The van der Waals surface area contributed by atoms with Gasteiger partial charge in [-0.1, -0.05) is 77.8 Å². The number of halogens is 2. The van der Waals surface area contributed by atoms with Crippen molar-refractivity contribution in [2.24, 2.45) is 0 Å². The van der Waals surface area contributed by atoms with Gasteiger partial charge in [0.2, 0.25) is 21.8 Å². The van der Waals surface area contributed by atoms with E-state index >= 15 is 0 Å². The Morgan fingerprint density at radius 2 is 1.61 bits per heavy atom. The summed E-state index contributed by atoms with van der Waals surface area (Å²) in [5.74, 6) is -0.561. The van der Waals surface area contributed by atoms with E-state index in [1.54, 1.807) is 35.2 Å². The molecule has 0 aliphatic carbocycles. The first-order valence-electron chi connectivity index (χ1n) is 13.5. The zero-order valence-corrected chi connectivity index (χ0v) is 26.1. The molecular formula is C31H37Cl2N3O4S. The van der Waals surface area contributed by atoms with Crippen molar-refractivity contribution in [1.82, 2.24) is 10.2 Å². The van der Waals surface area contributed by atoms with Crippen molar-refractivity contribution in [3.8, 4) is 0 Å². The Morgan fingerprint density at radius 3 is 2.22 bits per heavy atom. The number of anilines is 1. The number of nitrogens with one attached hydrogen (secondary N) is 1. The van der Waals surface area contributed by atoms with E-state index in [4.69, 9.17) is 23.2 Å². The molecule has 0 saturated carbocycles. The van der Waals surface area contributed by atoms with E-state index in [1.165, 1.54) is 4.31 Å². The highest BCUT2D eigenvalue weighted by Crippen LogP contribution is 2.26. The van der Waals surface area contributed by atoms with Crippen LogP contribution in [0.4, 0.5) is 5.69 Å². The molecule has 1 atom stereocenters. The second-order valence-electron chi connectivity index (χ2n) is 10.4. The average molecular weight is 619 g/mol. The van der Waals surface area contributed by atoms with E-state index in [0.717, 1.165) is 17.4 Å². The topological polar surface area (TPSA) is 86.8 Å². The number of rotatable bonds is 13. The van der Waals surface area contributed by atoms with Crippen molar-refractivity contribution in [2.45, 2.75) is 58.7 Å². The molecule has 0 saturated heterocycles. The maximum absolute atomic E-state index is 13.9. The predicted octanol–water partition coefficient (Wildman–Crippen LogP) is 6.01. The Bertz CT molecular complexity index is 1450. The molecule has 0 bridgehead atoms. The van der Waals surface area contributed by atoms with Crippen LogP contribution in [-0.4, -0.2) is 50.0 Å². The maximum Gasteiger partial charge on any atom is 0.243 e. The Kier molecular flexibility index (Phi) is 11.6. The number of carbonyl (C=O) groups is 2. The van der Waals surface area contributed by atoms with Crippen LogP contribution in [-0.2, 0) is 32.6 Å². The molecule has 1 unspecified atom stereocenters. The molecule has 0 fully saturated rings. The number of hydrogen-bond donors (Lipinski definition) is 1. The maximum atomic E-state index is 13.9. The van der Waals surface area contributed by atoms with Gasteiger partial charge < -0.3 is 10.2 Å². The van der Waals surface area contributed by atoms with Crippen LogP contribution in [0.3, 0.4) is 0 Å². The lowest BCUT2D eigenvalue weighted by Gasteiger charge is -2.32. The smallest absolute Gasteiger partial charge is 0.243 e. The minimum Gasteiger partial charge on any atom is -0.352 e. The normalized spacial score (nSPS) is 12.2. The van der Waals surface area contributed by atoms with Gasteiger partial charge in [-0.15, -0.1) is 0 Å². The van der Waals surface area contributed by atoms with Gasteiger partial charge in [-0.05, 0) is 62.1 Å². The number of benzene rings is 3. The van der Waals surface area contributed by atoms with Crippen LogP contribution in [0.15, 0.2) is 72.8 Å². The summed E-state index contributed by atoms with van der Waals surface area (Å²) in [5, 5.41) is 3.81. The lowest BCUT2D eigenvalue weighted by atomic mass is 10.0. The number of sulfonamides is 1. The van der Waals surface area contributed by atoms with Crippen molar-refractivity contribution in [3.63, 3.8) is 0 Å². The van der Waals surface area contributed by atoms with Crippen molar-refractivity contribution in [1.29, 1.82) is 0 Å². The fourth-order valence-corrected chi connectivity index (χ4v) is 6.08. The summed E-state index contributed by atoms with van der Waals surface area (Å²) in [6, 6.07) is 20.8. The predicted molar refractivity (Wildman–Crippen MR) is 167 cm³/mol. The van der Waals surface area contributed by atoms with E-state index < -0.39 is 16.1 Å². The molecule has 2 amide bonds. The van der Waals surface area contributed by atoms with Gasteiger partial charge in [-0.2, -0.15) is 0 Å². The summed E-state index contributed by atoms with van der Waals surface area (Å²) in [6.45, 7) is 5.78. The van der Waals surface area contributed by atoms with Crippen LogP contribution in [0.1, 0.15) is 43.4 Å².